The van der Waals surface area contributed by atoms with E-state index >= 15 is 0 Å². The molecular weight excluding hydrogens is 1070 g/mol. The normalized spacial score (nSPS) is 12.6. The molecule has 8 rings (SSSR count). The molecule has 0 saturated carbocycles. The van der Waals surface area contributed by atoms with Gasteiger partial charge in [-0.25, -0.2) is 9.97 Å². The number of carbonyl (C=O) groups excluding carboxylic acids is 9. The monoisotopic (exact) mass is 1130 g/mol. The quantitative estimate of drug-likeness (QED) is 0.0336. The number of pyridine rings is 2. The first-order valence-corrected chi connectivity index (χ1v) is 26.7. The van der Waals surface area contributed by atoms with E-state index in [0.717, 1.165) is 21.9 Å². The van der Waals surface area contributed by atoms with Gasteiger partial charge in [-0.05, 0) is 86.3 Å². The summed E-state index contributed by atoms with van der Waals surface area (Å²) in [5, 5.41) is 23.3. The van der Waals surface area contributed by atoms with Crippen LogP contribution in [0.15, 0.2) is 182 Å². The van der Waals surface area contributed by atoms with Crippen molar-refractivity contribution in [2.75, 3.05) is 13.2 Å². The predicted molar refractivity (Wildman–Crippen MR) is 313 cm³/mol. The molecule has 430 valence electrons. The van der Waals surface area contributed by atoms with Crippen LogP contribution in [0.4, 0.5) is 0 Å². The Bertz CT molecular complexity index is 3680. The Balaban J connectivity index is 0.000000241. The first-order valence-electron chi connectivity index (χ1n) is 26.7. The number of ether oxygens (including phenoxy) is 2. The molecule has 2 aromatic heterocycles. The van der Waals surface area contributed by atoms with E-state index in [9.17, 15) is 48.3 Å². The molecule has 0 aliphatic rings. The zero-order chi connectivity index (χ0) is 60.1. The average molecular weight is 1140 g/mol. The molecule has 9 N–H and O–H groups in total. The fraction of sp³-hybridized carbons (Fsp3) is 0.203. The van der Waals surface area contributed by atoms with Crippen LogP contribution in [-0.4, -0.2) is 111 Å². The molecule has 0 radical (unpaired) electrons. The van der Waals surface area contributed by atoms with Gasteiger partial charge in [-0.2, -0.15) is 0 Å². The lowest BCUT2D eigenvalue weighted by Crippen LogP contribution is -2.55. The first kappa shape index (κ1) is 61.2. The summed E-state index contributed by atoms with van der Waals surface area (Å²) in [5.41, 5.74) is 14.3. The van der Waals surface area contributed by atoms with Crippen LogP contribution in [0.3, 0.4) is 0 Å². The molecule has 0 saturated heterocycles. The summed E-state index contributed by atoms with van der Waals surface area (Å²) in [4.78, 5) is 122. The number of primary amides is 2. The number of nitrogens with two attached hydrogens (primary N) is 2. The van der Waals surface area contributed by atoms with E-state index in [1.807, 2.05) is 60.7 Å². The SMILES string of the molecule is CC(=O)c1ccccc1OCC(=O)[C@H](Cc1ccccc1)NC(=O)[C@H](CC(N)=O)NC(=O)c1ccc2ccccc2n1.CC(=O)c1ccccc1OCC(O)[C@H](Cc1ccccc1)NC(=O)[C@H](CC(N)=O)NC(=O)c1ccc2ccccc2n1. The van der Waals surface area contributed by atoms with Crippen molar-refractivity contribution in [2.45, 2.75) is 69.8 Å². The largest absolute Gasteiger partial charge is 0.490 e. The molecule has 84 heavy (non-hydrogen) atoms. The number of carbonyl (C=O) groups is 9. The summed E-state index contributed by atoms with van der Waals surface area (Å²) >= 11 is 0. The van der Waals surface area contributed by atoms with E-state index in [0.29, 0.717) is 27.9 Å². The second-order valence-corrected chi connectivity index (χ2v) is 19.5. The minimum Gasteiger partial charge on any atom is -0.490 e. The van der Waals surface area contributed by atoms with Crippen molar-refractivity contribution in [3.63, 3.8) is 0 Å². The lowest BCUT2D eigenvalue weighted by Gasteiger charge is -2.27. The molecule has 20 heteroatoms. The average Bonchev–Trinajstić information content (AvgIpc) is 3.66. The number of aliphatic hydroxyl groups is 1. The van der Waals surface area contributed by atoms with Gasteiger partial charge in [0.1, 0.15) is 54.3 Å². The number of para-hydroxylation sites is 4. The molecule has 2 heterocycles. The van der Waals surface area contributed by atoms with Gasteiger partial charge in [-0.3, -0.25) is 43.2 Å². The fourth-order valence-electron chi connectivity index (χ4n) is 8.78. The highest BCUT2D eigenvalue weighted by Gasteiger charge is 2.31. The molecular formula is C64H62N8O12. The minimum absolute atomic E-state index is 0.0467. The number of benzene rings is 6. The van der Waals surface area contributed by atoms with Crippen molar-refractivity contribution in [2.24, 2.45) is 11.5 Å². The zero-order valence-corrected chi connectivity index (χ0v) is 45.9. The van der Waals surface area contributed by atoms with Crippen molar-refractivity contribution in [3.8, 4) is 11.5 Å². The standard InChI is InChI=1S/C32H32N4O6.C32H30N4O6/c2*1-20(37)23-12-6-8-14-29(23)42-19-28(38)26(17-21-9-3-2-4-10-21)35-32(41)27(18-30(33)39)36-31(40)25-16-15-22-11-5-7-13-24(22)34-25/h2-16,26-28,38H,17-19H2,1H3,(H2,33,39)(H,35,41)(H,36,40);2-16,26-27H,17-19H2,1H3,(H2,33,39)(H,35,41)(H,36,40)/t26-,27-,28?;26-,27-/m00/s1. The Morgan fingerprint density at radius 2 is 0.881 bits per heavy atom. The van der Waals surface area contributed by atoms with E-state index in [1.54, 1.807) is 109 Å². The summed E-state index contributed by atoms with van der Waals surface area (Å²) in [6.45, 7) is 2.13. The van der Waals surface area contributed by atoms with Crippen LogP contribution in [0.1, 0.15) is 79.5 Å². The van der Waals surface area contributed by atoms with Crippen LogP contribution in [0.25, 0.3) is 21.8 Å². The molecule has 0 fully saturated rings. The molecule has 0 spiro atoms. The predicted octanol–water partition coefficient (Wildman–Crippen LogP) is 5.37. The van der Waals surface area contributed by atoms with Crippen LogP contribution in [0.2, 0.25) is 0 Å². The number of hydrogen-bond acceptors (Lipinski definition) is 14. The van der Waals surface area contributed by atoms with Gasteiger partial charge in [-0.1, -0.05) is 133 Å². The van der Waals surface area contributed by atoms with Crippen LogP contribution in [0, 0.1) is 0 Å². The van der Waals surface area contributed by atoms with Gasteiger partial charge in [0.2, 0.25) is 23.6 Å². The van der Waals surface area contributed by atoms with Crippen molar-refractivity contribution in [3.05, 3.63) is 216 Å². The van der Waals surface area contributed by atoms with Crippen LogP contribution >= 0.6 is 0 Å². The second kappa shape index (κ2) is 29.8. The van der Waals surface area contributed by atoms with Gasteiger partial charge in [0.05, 0.1) is 47.1 Å². The number of hydrogen-bond donors (Lipinski definition) is 7. The molecule has 0 aliphatic heterocycles. The molecule has 6 amide bonds. The third-order valence-electron chi connectivity index (χ3n) is 13.1. The third-order valence-corrected chi connectivity index (χ3v) is 13.1. The first-order chi connectivity index (χ1) is 40.4. The maximum atomic E-state index is 13.4. The summed E-state index contributed by atoms with van der Waals surface area (Å²) in [7, 11) is 0. The molecule has 6 aromatic carbocycles. The smallest absolute Gasteiger partial charge is 0.270 e. The lowest BCUT2D eigenvalue weighted by atomic mass is 10.0. The Morgan fingerprint density at radius 1 is 0.464 bits per heavy atom. The number of ketones is 3. The summed E-state index contributed by atoms with van der Waals surface area (Å²) in [5.74, 6) is -4.81. The number of nitrogens with one attached hydrogen (secondary N) is 4. The van der Waals surface area contributed by atoms with Crippen molar-refractivity contribution in [1.29, 1.82) is 0 Å². The van der Waals surface area contributed by atoms with Crippen LogP contribution in [-0.2, 0) is 36.8 Å². The number of aromatic nitrogens is 2. The third kappa shape index (κ3) is 17.8. The van der Waals surface area contributed by atoms with E-state index in [-0.39, 0.29) is 48.2 Å². The topological polar surface area (TPSA) is 318 Å². The maximum Gasteiger partial charge on any atom is 0.270 e. The molecule has 5 atom stereocenters. The van der Waals surface area contributed by atoms with Crippen LogP contribution < -0.4 is 42.2 Å². The van der Waals surface area contributed by atoms with Crippen molar-refractivity contribution >= 4 is 74.6 Å². The number of amides is 6. The highest BCUT2D eigenvalue weighted by atomic mass is 16.5. The molecule has 8 aromatic rings. The van der Waals surface area contributed by atoms with Gasteiger partial charge in [0.25, 0.3) is 11.8 Å². The number of rotatable bonds is 26. The minimum atomic E-state index is -1.37. The second-order valence-electron chi connectivity index (χ2n) is 19.5. The highest BCUT2D eigenvalue weighted by molar-refractivity contribution is 6.02. The van der Waals surface area contributed by atoms with E-state index < -0.39 is 90.9 Å². The molecule has 1 unspecified atom stereocenters. The van der Waals surface area contributed by atoms with Crippen molar-refractivity contribution < 1.29 is 57.7 Å². The van der Waals surface area contributed by atoms with Gasteiger partial charge in [0, 0.05) is 10.8 Å². The molecule has 0 bridgehead atoms. The Morgan fingerprint density at radius 3 is 1.36 bits per heavy atom. The van der Waals surface area contributed by atoms with Crippen molar-refractivity contribution in [1.82, 2.24) is 31.2 Å². The van der Waals surface area contributed by atoms with E-state index in [2.05, 4.69) is 31.2 Å². The number of nitrogens with zero attached hydrogens (tertiary/aromatic N) is 2. The summed E-state index contributed by atoms with van der Waals surface area (Å²) < 4.78 is 11.4. The molecule has 20 nitrogen and oxygen atoms in total. The number of Topliss-reactive ketones (excluding diaryl/α,β-unsaturated/α-hetero) is 3. The Hall–Kier alpha value is -10.5. The summed E-state index contributed by atoms with van der Waals surface area (Å²) in [6, 6.07) is 47.7. The van der Waals surface area contributed by atoms with Crippen LogP contribution in [0.5, 0.6) is 11.5 Å². The zero-order valence-electron chi connectivity index (χ0n) is 45.9. The van der Waals surface area contributed by atoms with E-state index in [4.69, 9.17) is 20.9 Å². The maximum absolute atomic E-state index is 13.4. The fourth-order valence-corrected chi connectivity index (χ4v) is 8.78. The number of aliphatic hydroxyl groups excluding tert-OH is 1. The van der Waals surface area contributed by atoms with Gasteiger partial charge in [-0.15, -0.1) is 0 Å². The highest BCUT2D eigenvalue weighted by Crippen LogP contribution is 2.21. The summed E-state index contributed by atoms with van der Waals surface area (Å²) in [6.07, 6.45) is -1.86. The van der Waals surface area contributed by atoms with E-state index in [1.165, 1.54) is 26.0 Å². The Kier molecular flexibility index (Phi) is 21.7. The number of fused-ring (bicyclic) bond motifs is 2. The van der Waals surface area contributed by atoms with Gasteiger partial charge in [0.15, 0.2) is 17.3 Å². The van der Waals surface area contributed by atoms with Gasteiger partial charge >= 0.3 is 0 Å². The lowest BCUT2D eigenvalue weighted by molar-refractivity contribution is -0.131. The molecule has 0 aliphatic carbocycles. The van der Waals surface area contributed by atoms with Gasteiger partial charge < -0.3 is 47.3 Å². The Labute approximate surface area is 483 Å².